The summed E-state index contributed by atoms with van der Waals surface area (Å²) in [6.45, 7) is 0.104. The molecule has 0 atom stereocenters. The van der Waals surface area contributed by atoms with Crippen LogP contribution >= 0.6 is 11.6 Å². The van der Waals surface area contributed by atoms with Crippen molar-refractivity contribution in [1.82, 2.24) is 4.98 Å². The van der Waals surface area contributed by atoms with Crippen molar-refractivity contribution in [2.75, 3.05) is 4.90 Å². The number of hydrogen-bond donors (Lipinski definition) is 1. The molecule has 0 aliphatic heterocycles. The van der Waals surface area contributed by atoms with Crippen LogP contribution in [0.25, 0.3) is 11.3 Å². The summed E-state index contributed by atoms with van der Waals surface area (Å²) in [5, 5.41) is 0.529. The van der Waals surface area contributed by atoms with E-state index in [1.165, 1.54) is 6.07 Å². The smallest absolute Gasteiger partial charge is 0.360 e. The Morgan fingerprint density at radius 2 is 2.04 bits per heavy atom. The number of nitrogens with zero attached hydrogens (tertiary/aromatic N) is 2. The van der Waals surface area contributed by atoms with Gasteiger partial charge in [0.25, 0.3) is 0 Å². The van der Waals surface area contributed by atoms with Crippen LogP contribution in [0.15, 0.2) is 70.1 Å². The second-order valence-corrected chi connectivity index (χ2v) is 5.70. The van der Waals surface area contributed by atoms with Gasteiger partial charge < -0.3 is 10.2 Å². The van der Waals surface area contributed by atoms with E-state index < -0.39 is 11.7 Å². The molecule has 0 fully saturated rings. The zero-order chi connectivity index (χ0) is 17.8. The number of carbonyl (C=O) groups excluding carboxylic acids is 1. The van der Waals surface area contributed by atoms with Gasteiger partial charge in [-0.05, 0) is 42.0 Å². The van der Waals surface area contributed by atoms with Crippen LogP contribution in [0.5, 0.6) is 0 Å². The molecule has 2 aromatic heterocycles. The van der Waals surface area contributed by atoms with E-state index in [1.807, 2.05) is 0 Å². The summed E-state index contributed by atoms with van der Waals surface area (Å²) in [5.74, 6) is 0.356. The van der Waals surface area contributed by atoms with Crippen LogP contribution < -0.4 is 16.3 Å². The molecule has 3 rings (SSSR count). The summed E-state index contributed by atoms with van der Waals surface area (Å²) in [7, 11) is 0. The Balaban J connectivity index is 1.95. The van der Waals surface area contributed by atoms with Crippen molar-refractivity contribution in [3.63, 3.8) is 0 Å². The molecule has 0 saturated heterocycles. The molecular weight excluding hydrogens is 342 g/mol. The van der Waals surface area contributed by atoms with Gasteiger partial charge in [0, 0.05) is 23.0 Å². The highest BCUT2D eigenvalue weighted by molar-refractivity contribution is 6.30. The third-order valence-corrected chi connectivity index (χ3v) is 3.77. The molecule has 6 nitrogen and oxygen atoms in total. The van der Waals surface area contributed by atoms with E-state index in [1.54, 1.807) is 54.9 Å². The lowest BCUT2D eigenvalue weighted by atomic mass is 10.2. The average molecular weight is 356 g/mol. The van der Waals surface area contributed by atoms with Crippen LogP contribution in [0.3, 0.4) is 0 Å². The Bertz CT molecular complexity index is 957. The molecular formula is C18H14ClN3O3. The lowest BCUT2D eigenvalue weighted by molar-refractivity contribution is 0.253. The van der Waals surface area contributed by atoms with Crippen molar-refractivity contribution in [1.29, 1.82) is 0 Å². The first-order valence-electron chi connectivity index (χ1n) is 7.40. The number of nitrogens with two attached hydrogens (primary N) is 1. The second kappa shape index (κ2) is 7.19. The molecule has 0 spiro atoms. The van der Waals surface area contributed by atoms with Crippen LogP contribution in [0, 0.1) is 0 Å². The summed E-state index contributed by atoms with van der Waals surface area (Å²) in [6.07, 6.45) is 3.20. The van der Waals surface area contributed by atoms with E-state index in [2.05, 4.69) is 4.98 Å². The minimum absolute atomic E-state index is 0.0557. The molecule has 2 amide bonds. The zero-order valence-electron chi connectivity index (χ0n) is 13.1. The summed E-state index contributed by atoms with van der Waals surface area (Å²) in [6, 6.07) is 12.8. The Hall–Kier alpha value is -3.12. The fourth-order valence-electron chi connectivity index (χ4n) is 2.37. The molecule has 0 saturated carbocycles. The first-order chi connectivity index (χ1) is 12.0. The largest absolute Gasteiger partial charge is 0.421 e. The number of carbonyl (C=O) groups is 1. The maximum atomic E-state index is 12.4. The minimum atomic E-state index is -0.763. The minimum Gasteiger partial charge on any atom is -0.421 e. The third-order valence-electron chi connectivity index (χ3n) is 3.54. The molecule has 1 aromatic carbocycles. The number of rotatable bonds is 4. The van der Waals surface area contributed by atoms with Crippen molar-refractivity contribution in [2.45, 2.75) is 6.54 Å². The highest BCUT2D eigenvalue weighted by atomic mass is 35.5. The van der Waals surface area contributed by atoms with Gasteiger partial charge in [0.15, 0.2) is 0 Å². The number of hydrogen-bond acceptors (Lipinski definition) is 4. The Morgan fingerprint density at radius 1 is 1.20 bits per heavy atom. The van der Waals surface area contributed by atoms with Crippen molar-refractivity contribution >= 4 is 23.3 Å². The quantitative estimate of drug-likeness (QED) is 0.776. The molecule has 0 unspecified atom stereocenters. The predicted octanol–water partition coefficient (Wildman–Crippen LogP) is 3.44. The topological polar surface area (TPSA) is 89.4 Å². The summed E-state index contributed by atoms with van der Waals surface area (Å²) < 4.78 is 5.32. The fraction of sp³-hybridized carbons (Fsp3) is 0.0556. The van der Waals surface area contributed by atoms with E-state index in [9.17, 15) is 9.59 Å². The van der Waals surface area contributed by atoms with Crippen LogP contribution in [0.1, 0.15) is 5.56 Å². The summed E-state index contributed by atoms with van der Waals surface area (Å²) in [4.78, 5) is 29.3. The highest BCUT2D eigenvalue weighted by Crippen LogP contribution is 2.21. The molecule has 0 bridgehead atoms. The van der Waals surface area contributed by atoms with Gasteiger partial charge in [-0.1, -0.05) is 23.7 Å². The van der Waals surface area contributed by atoms with Gasteiger partial charge in [0.05, 0.1) is 6.54 Å². The van der Waals surface area contributed by atoms with Crippen LogP contribution in [-0.4, -0.2) is 11.0 Å². The number of primary amides is 1. The Morgan fingerprint density at radius 3 is 2.68 bits per heavy atom. The van der Waals surface area contributed by atoms with Gasteiger partial charge in [-0.2, -0.15) is 0 Å². The molecule has 0 radical (unpaired) electrons. The average Bonchev–Trinajstić information content (AvgIpc) is 2.60. The van der Waals surface area contributed by atoms with Crippen molar-refractivity contribution in [3.05, 3.63) is 81.9 Å². The standard InChI is InChI=1S/C18H14ClN3O3/c19-14-5-1-3-12(9-14)11-22(18(20)24)15-6-7-16(25-17(15)23)13-4-2-8-21-10-13/h1-10H,11H2,(H2,20,24). The normalized spacial score (nSPS) is 10.4. The first-order valence-corrected chi connectivity index (χ1v) is 7.78. The number of pyridine rings is 1. The van der Waals surface area contributed by atoms with Crippen LogP contribution in [0.2, 0.25) is 5.02 Å². The molecule has 3 aromatic rings. The van der Waals surface area contributed by atoms with Crippen molar-refractivity contribution in [3.8, 4) is 11.3 Å². The van der Waals surface area contributed by atoms with Crippen molar-refractivity contribution < 1.29 is 9.21 Å². The lowest BCUT2D eigenvalue weighted by Gasteiger charge is -2.19. The summed E-state index contributed by atoms with van der Waals surface area (Å²) >= 11 is 5.95. The fourth-order valence-corrected chi connectivity index (χ4v) is 2.59. The Kier molecular flexibility index (Phi) is 4.81. The molecule has 25 heavy (non-hydrogen) atoms. The number of anilines is 1. The van der Waals surface area contributed by atoms with E-state index in [4.69, 9.17) is 21.8 Å². The van der Waals surface area contributed by atoms with Gasteiger partial charge >= 0.3 is 11.7 Å². The first kappa shape index (κ1) is 16.7. The lowest BCUT2D eigenvalue weighted by Crippen LogP contribution is -2.37. The summed E-state index contributed by atoms with van der Waals surface area (Å²) in [5.41, 5.74) is 6.22. The second-order valence-electron chi connectivity index (χ2n) is 5.27. The molecule has 7 heteroatoms. The third kappa shape index (κ3) is 3.87. The maximum absolute atomic E-state index is 12.4. The molecule has 2 N–H and O–H groups in total. The highest BCUT2D eigenvalue weighted by Gasteiger charge is 2.18. The van der Waals surface area contributed by atoms with Gasteiger partial charge in [-0.25, -0.2) is 9.59 Å². The van der Waals surface area contributed by atoms with E-state index >= 15 is 0 Å². The number of amides is 2. The van der Waals surface area contributed by atoms with E-state index in [0.717, 1.165) is 10.5 Å². The van der Waals surface area contributed by atoms with E-state index in [0.29, 0.717) is 16.3 Å². The van der Waals surface area contributed by atoms with Crippen LogP contribution in [0.4, 0.5) is 10.5 Å². The van der Waals surface area contributed by atoms with Gasteiger partial charge in [0.2, 0.25) is 0 Å². The maximum Gasteiger partial charge on any atom is 0.360 e. The van der Waals surface area contributed by atoms with Gasteiger partial charge in [-0.15, -0.1) is 0 Å². The molecule has 126 valence electrons. The molecule has 2 heterocycles. The monoisotopic (exact) mass is 355 g/mol. The zero-order valence-corrected chi connectivity index (χ0v) is 13.8. The number of benzene rings is 1. The predicted molar refractivity (Wildman–Crippen MR) is 95.4 cm³/mol. The van der Waals surface area contributed by atoms with Crippen LogP contribution in [-0.2, 0) is 6.54 Å². The van der Waals surface area contributed by atoms with Gasteiger partial charge in [-0.3, -0.25) is 9.88 Å². The SMILES string of the molecule is NC(=O)N(Cc1cccc(Cl)c1)c1ccc(-c2cccnc2)oc1=O. The molecule has 0 aliphatic rings. The Labute approximate surface area is 148 Å². The number of urea groups is 1. The number of aromatic nitrogens is 1. The number of halogens is 1. The van der Waals surface area contributed by atoms with Crippen molar-refractivity contribution in [2.24, 2.45) is 5.73 Å². The molecule has 0 aliphatic carbocycles. The van der Waals surface area contributed by atoms with Gasteiger partial charge in [0.1, 0.15) is 11.4 Å². The van der Waals surface area contributed by atoms with E-state index in [-0.39, 0.29) is 12.2 Å².